The van der Waals surface area contributed by atoms with Gasteiger partial charge in [-0.2, -0.15) is 15.0 Å². The molecule has 0 atom stereocenters. The summed E-state index contributed by atoms with van der Waals surface area (Å²) in [6.45, 7) is 7.21. The predicted molar refractivity (Wildman–Crippen MR) is 75.0 cm³/mol. The van der Waals surface area contributed by atoms with Crippen LogP contribution in [0.25, 0.3) is 0 Å². The zero-order valence-electron chi connectivity index (χ0n) is 12.2. The van der Waals surface area contributed by atoms with E-state index in [1.165, 1.54) is 0 Å². The number of carbonyl (C=O) groups excluding carboxylic acids is 1. The minimum atomic E-state index is -0.714. The number of hydrogen-bond donors (Lipinski definition) is 2. The summed E-state index contributed by atoms with van der Waals surface area (Å²) in [5, 5.41) is 5.72. The molecule has 0 saturated carbocycles. The Balaban J connectivity index is 2.40. The van der Waals surface area contributed by atoms with Gasteiger partial charge in [-0.25, -0.2) is 0 Å². The van der Waals surface area contributed by atoms with Crippen molar-refractivity contribution in [3.63, 3.8) is 0 Å². The minimum Gasteiger partial charge on any atom is -0.464 e. The van der Waals surface area contributed by atoms with Crippen molar-refractivity contribution < 1.29 is 9.53 Å². The molecule has 0 radical (unpaired) electrons. The summed E-state index contributed by atoms with van der Waals surface area (Å²) in [5.41, 5.74) is -0.714. The van der Waals surface area contributed by atoms with Gasteiger partial charge in [0, 0.05) is 20.1 Å². The topological polar surface area (TPSA) is 92.3 Å². The number of carbonyl (C=O) groups is 1. The van der Waals surface area contributed by atoms with Gasteiger partial charge < -0.3 is 20.3 Å². The lowest BCUT2D eigenvalue weighted by molar-refractivity contribution is -0.126. The fourth-order valence-electron chi connectivity index (χ4n) is 2.02. The van der Waals surface area contributed by atoms with Crippen LogP contribution in [0.15, 0.2) is 0 Å². The Morgan fingerprint density at radius 2 is 2.15 bits per heavy atom. The van der Waals surface area contributed by atoms with Crippen molar-refractivity contribution in [2.24, 2.45) is 0 Å². The van der Waals surface area contributed by atoms with Crippen LogP contribution in [0.4, 0.5) is 11.9 Å². The number of nitrogens with one attached hydrogen (secondary N) is 2. The third-order valence-electron chi connectivity index (χ3n) is 3.19. The van der Waals surface area contributed by atoms with Crippen LogP contribution in [0.3, 0.4) is 0 Å². The van der Waals surface area contributed by atoms with E-state index in [2.05, 4.69) is 25.6 Å². The van der Waals surface area contributed by atoms with E-state index in [0.29, 0.717) is 31.6 Å². The van der Waals surface area contributed by atoms with Gasteiger partial charge >= 0.3 is 6.01 Å². The average Bonchev–Trinajstić information content (AvgIpc) is 2.41. The molecular weight excluding hydrogens is 260 g/mol. The summed E-state index contributed by atoms with van der Waals surface area (Å²) in [6.07, 6.45) is 0. The highest BCUT2D eigenvalue weighted by Crippen LogP contribution is 2.24. The van der Waals surface area contributed by atoms with Gasteiger partial charge in [-0.1, -0.05) is 0 Å². The Morgan fingerprint density at radius 3 is 2.80 bits per heavy atom. The number of rotatable bonds is 4. The zero-order valence-corrected chi connectivity index (χ0v) is 12.2. The van der Waals surface area contributed by atoms with Gasteiger partial charge in [-0.05, 0) is 20.8 Å². The Labute approximate surface area is 118 Å². The SMILES string of the molecule is CCOc1nc(NC)nc(N2CCNC(=O)C2(C)C)n1. The maximum absolute atomic E-state index is 12.0. The first kappa shape index (κ1) is 14.3. The van der Waals surface area contributed by atoms with E-state index in [1.54, 1.807) is 7.05 Å². The van der Waals surface area contributed by atoms with E-state index in [9.17, 15) is 4.79 Å². The molecule has 1 aliphatic heterocycles. The maximum Gasteiger partial charge on any atom is 0.323 e. The summed E-state index contributed by atoms with van der Waals surface area (Å²) in [4.78, 5) is 26.6. The molecule has 2 N–H and O–H groups in total. The quantitative estimate of drug-likeness (QED) is 0.803. The number of anilines is 2. The molecule has 0 unspecified atom stereocenters. The summed E-state index contributed by atoms with van der Waals surface area (Å²) in [7, 11) is 1.73. The highest BCUT2D eigenvalue weighted by Gasteiger charge is 2.39. The van der Waals surface area contributed by atoms with Gasteiger partial charge in [-0.3, -0.25) is 4.79 Å². The molecule has 1 aliphatic rings. The lowest BCUT2D eigenvalue weighted by atomic mass is 10.00. The van der Waals surface area contributed by atoms with Crippen LogP contribution in [0, 0.1) is 0 Å². The number of amides is 1. The van der Waals surface area contributed by atoms with Gasteiger partial charge in [0.1, 0.15) is 5.54 Å². The first-order valence-corrected chi connectivity index (χ1v) is 6.61. The van der Waals surface area contributed by atoms with E-state index in [1.807, 2.05) is 25.7 Å². The van der Waals surface area contributed by atoms with Crippen LogP contribution in [0.1, 0.15) is 20.8 Å². The fourth-order valence-corrected chi connectivity index (χ4v) is 2.02. The van der Waals surface area contributed by atoms with Crippen LogP contribution >= 0.6 is 0 Å². The van der Waals surface area contributed by atoms with Gasteiger partial charge in [-0.15, -0.1) is 0 Å². The Morgan fingerprint density at radius 1 is 1.40 bits per heavy atom. The molecule has 2 rings (SSSR count). The third kappa shape index (κ3) is 2.59. The summed E-state index contributed by atoms with van der Waals surface area (Å²) < 4.78 is 5.35. The summed E-state index contributed by atoms with van der Waals surface area (Å²) in [5.74, 6) is 0.806. The monoisotopic (exact) mass is 280 g/mol. The highest BCUT2D eigenvalue weighted by atomic mass is 16.5. The van der Waals surface area contributed by atoms with Crippen LogP contribution < -0.4 is 20.3 Å². The first-order valence-electron chi connectivity index (χ1n) is 6.61. The highest BCUT2D eigenvalue weighted by molar-refractivity contribution is 5.89. The molecule has 2 heterocycles. The number of aromatic nitrogens is 3. The van der Waals surface area contributed by atoms with Crippen molar-refractivity contribution in [1.29, 1.82) is 0 Å². The second-order valence-corrected chi connectivity index (χ2v) is 4.89. The molecule has 8 nitrogen and oxygen atoms in total. The number of ether oxygens (including phenoxy) is 1. The van der Waals surface area contributed by atoms with Gasteiger partial charge in [0.15, 0.2) is 0 Å². The average molecular weight is 280 g/mol. The zero-order chi connectivity index (χ0) is 14.8. The van der Waals surface area contributed by atoms with Crippen molar-refractivity contribution in [2.45, 2.75) is 26.3 Å². The van der Waals surface area contributed by atoms with Gasteiger partial charge in [0.25, 0.3) is 0 Å². The molecular formula is C12H20N6O2. The molecule has 8 heteroatoms. The normalized spacial score (nSPS) is 17.6. The molecule has 0 aromatic carbocycles. The maximum atomic E-state index is 12.0. The van der Waals surface area contributed by atoms with Crippen molar-refractivity contribution >= 4 is 17.8 Å². The van der Waals surface area contributed by atoms with Crippen molar-refractivity contribution in [3.05, 3.63) is 0 Å². The van der Waals surface area contributed by atoms with Crippen LogP contribution in [-0.2, 0) is 4.79 Å². The molecule has 1 saturated heterocycles. The largest absolute Gasteiger partial charge is 0.464 e. The third-order valence-corrected chi connectivity index (χ3v) is 3.19. The fraction of sp³-hybridized carbons (Fsp3) is 0.667. The van der Waals surface area contributed by atoms with Crippen LogP contribution in [-0.4, -0.2) is 53.1 Å². The number of hydrogen-bond acceptors (Lipinski definition) is 7. The summed E-state index contributed by atoms with van der Waals surface area (Å²) >= 11 is 0. The predicted octanol–water partition coefficient (Wildman–Crippen LogP) is 0.0268. The molecule has 20 heavy (non-hydrogen) atoms. The van der Waals surface area contributed by atoms with E-state index in [-0.39, 0.29) is 11.9 Å². The van der Waals surface area contributed by atoms with E-state index >= 15 is 0 Å². The molecule has 1 amide bonds. The molecule has 0 bridgehead atoms. The lowest BCUT2D eigenvalue weighted by Gasteiger charge is -2.41. The Bertz CT molecular complexity index is 505. The van der Waals surface area contributed by atoms with Crippen LogP contribution in [0.5, 0.6) is 6.01 Å². The molecule has 0 aliphatic carbocycles. The Hall–Kier alpha value is -2.12. The van der Waals surface area contributed by atoms with E-state index in [0.717, 1.165) is 0 Å². The summed E-state index contributed by atoms with van der Waals surface area (Å²) in [6, 6.07) is 0.253. The first-order chi connectivity index (χ1) is 9.48. The number of nitrogens with zero attached hydrogens (tertiary/aromatic N) is 4. The molecule has 1 fully saturated rings. The molecule has 1 aromatic heterocycles. The molecule has 0 spiro atoms. The van der Waals surface area contributed by atoms with Crippen molar-refractivity contribution in [3.8, 4) is 6.01 Å². The van der Waals surface area contributed by atoms with Crippen molar-refractivity contribution in [2.75, 3.05) is 37.0 Å². The van der Waals surface area contributed by atoms with E-state index < -0.39 is 5.54 Å². The molecule has 110 valence electrons. The minimum absolute atomic E-state index is 0.0480. The van der Waals surface area contributed by atoms with Gasteiger partial charge in [0.05, 0.1) is 6.61 Å². The standard InChI is InChI=1S/C12H20N6O2/c1-5-20-11-16-9(13-4)15-10(17-11)18-7-6-14-8(19)12(18,2)3/h5-7H2,1-4H3,(H,14,19)(H,13,15,16,17). The Kier molecular flexibility index (Phi) is 3.91. The van der Waals surface area contributed by atoms with E-state index in [4.69, 9.17) is 4.74 Å². The second-order valence-electron chi connectivity index (χ2n) is 4.89. The lowest BCUT2D eigenvalue weighted by Crippen LogP contribution is -2.62. The smallest absolute Gasteiger partial charge is 0.323 e. The second kappa shape index (κ2) is 5.48. The van der Waals surface area contributed by atoms with Crippen molar-refractivity contribution in [1.82, 2.24) is 20.3 Å². The molecule has 1 aromatic rings. The van der Waals surface area contributed by atoms with Gasteiger partial charge in [0.2, 0.25) is 17.8 Å². The van der Waals surface area contributed by atoms with Crippen LogP contribution in [0.2, 0.25) is 0 Å². The number of piperazine rings is 1.